The van der Waals surface area contributed by atoms with Gasteiger partial charge in [-0.25, -0.2) is 14.4 Å². The Morgan fingerprint density at radius 1 is 1.38 bits per heavy atom. The van der Waals surface area contributed by atoms with Gasteiger partial charge in [-0.1, -0.05) is 6.07 Å². The van der Waals surface area contributed by atoms with Gasteiger partial charge < -0.3 is 10.2 Å². The SMILES string of the molecule is O=C(c1cccc(F)c1)N1CCc2nc([C@@H]3CCCN3)ncc2C1. The highest BCUT2D eigenvalue weighted by molar-refractivity contribution is 5.94. The molecule has 1 amide bonds. The third-order valence-electron chi connectivity index (χ3n) is 4.68. The standard InChI is InChI=1S/C18H19FN4O/c19-14-4-1-3-12(9-14)18(24)23-8-6-15-13(11-23)10-21-17(22-15)16-5-2-7-20-16/h1,3-4,9-10,16,20H,2,5-8,11H2/t16-/m0/s1. The second-order valence-electron chi connectivity index (χ2n) is 6.34. The van der Waals surface area contributed by atoms with E-state index in [2.05, 4.69) is 10.3 Å². The average molecular weight is 326 g/mol. The van der Waals surface area contributed by atoms with Crippen molar-refractivity contribution >= 4 is 5.91 Å². The van der Waals surface area contributed by atoms with E-state index < -0.39 is 5.82 Å². The van der Waals surface area contributed by atoms with Gasteiger partial charge in [-0.05, 0) is 37.6 Å². The van der Waals surface area contributed by atoms with E-state index in [9.17, 15) is 9.18 Å². The summed E-state index contributed by atoms with van der Waals surface area (Å²) in [6, 6.07) is 6.08. The molecule has 0 unspecified atom stereocenters. The molecular formula is C18H19FN4O. The molecule has 1 fully saturated rings. The van der Waals surface area contributed by atoms with Crippen LogP contribution in [0, 0.1) is 5.82 Å². The van der Waals surface area contributed by atoms with E-state index in [-0.39, 0.29) is 11.9 Å². The van der Waals surface area contributed by atoms with Crippen LogP contribution in [0.2, 0.25) is 0 Å². The zero-order chi connectivity index (χ0) is 16.5. The van der Waals surface area contributed by atoms with Gasteiger partial charge in [-0.3, -0.25) is 4.79 Å². The number of amides is 1. The van der Waals surface area contributed by atoms with Crippen LogP contribution in [0.25, 0.3) is 0 Å². The number of nitrogens with zero attached hydrogens (tertiary/aromatic N) is 3. The summed E-state index contributed by atoms with van der Waals surface area (Å²) in [5.74, 6) is 0.313. The van der Waals surface area contributed by atoms with Crippen LogP contribution < -0.4 is 5.32 Å². The van der Waals surface area contributed by atoms with Crippen LogP contribution in [0.15, 0.2) is 30.5 Å². The van der Waals surface area contributed by atoms with Gasteiger partial charge in [0, 0.05) is 36.8 Å². The lowest BCUT2D eigenvalue weighted by Crippen LogP contribution is -2.36. The van der Waals surface area contributed by atoms with Crippen molar-refractivity contribution in [3.8, 4) is 0 Å². The second-order valence-corrected chi connectivity index (χ2v) is 6.34. The fraction of sp³-hybridized carbons (Fsp3) is 0.389. The van der Waals surface area contributed by atoms with Crippen molar-refractivity contribution in [1.29, 1.82) is 0 Å². The number of hydrogen-bond donors (Lipinski definition) is 1. The fourth-order valence-corrected chi connectivity index (χ4v) is 3.38. The van der Waals surface area contributed by atoms with E-state index in [0.717, 1.165) is 36.5 Å². The van der Waals surface area contributed by atoms with Gasteiger partial charge in [0.1, 0.15) is 11.6 Å². The third-order valence-corrected chi connectivity index (χ3v) is 4.68. The van der Waals surface area contributed by atoms with E-state index in [4.69, 9.17) is 4.98 Å². The van der Waals surface area contributed by atoms with Crippen molar-refractivity contribution < 1.29 is 9.18 Å². The molecule has 0 radical (unpaired) electrons. The summed E-state index contributed by atoms with van der Waals surface area (Å²) >= 11 is 0. The number of carbonyl (C=O) groups is 1. The Morgan fingerprint density at radius 2 is 2.29 bits per heavy atom. The van der Waals surface area contributed by atoms with Crippen molar-refractivity contribution in [1.82, 2.24) is 20.2 Å². The lowest BCUT2D eigenvalue weighted by Gasteiger charge is -2.28. The van der Waals surface area contributed by atoms with Crippen molar-refractivity contribution in [3.05, 3.63) is 58.9 Å². The first kappa shape index (κ1) is 15.2. The van der Waals surface area contributed by atoms with Crippen LogP contribution in [0.4, 0.5) is 4.39 Å². The molecule has 1 aromatic heterocycles. The van der Waals surface area contributed by atoms with Gasteiger partial charge in [0.15, 0.2) is 0 Å². The molecule has 3 heterocycles. The fourth-order valence-electron chi connectivity index (χ4n) is 3.38. The van der Waals surface area contributed by atoms with Crippen molar-refractivity contribution in [2.45, 2.75) is 31.8 Å². The third kappa shape index (κ3) is 2.89. The van der Waals surface area contributed by atoms with E-state index in [1.54, 1.807) is 17.0 Å². The van der Waals surface area contributed by atoms with Crippen LogP contribution in [-0.2, 0) is 13.0 Å². The molecule has 1 saturated heterocycles. The Kier molecular flexibility index (Phi) is 3.98. The number of fused-ring (bicyclic) bond motifs is 1. The van der Waals surface area contributed by atoms with Crippen LogP contribution in [0.1, 0.15) is 46.3 Å². The Morgan fingerprint density at radius 3 is 3.08 bits per heavy atom. The first-order chi connectivity index (χ1) is 11.7. The summed E-state index contributed by atoms with van der Waals surface area (Å²) in [4.78, 5) is 23.5. The maximum absolute atomic E-state index is 13.3. The molecule has 0 bridgehead atoms. The normalized spacial score (nSPS) is 20.0. The van der Waals surface area contributed by atoms with Crippen molar-refractivity contribution in [2.75, 3.05) is 13.1 Å². The second kappa shape index (κ2) is 6.28. The van der Waals surface area contributed by atoms with Crippen LogP contribution >= 0.6 is 0 Å². The largest absolute Gasteiger partial charge is 0.334 e. The minimum absolute atomic E-state index is 0.151. The van der Waals surface area contributed by atoms with Crippen LogP contribution in [0.5, 0.6) is 0 Å². The lowest BCUT2D eigenvalue weighted by molar-refractivity contribution is 0.0732. The Bertz CT molecular complexity index is 773. The van der Waals surface area contributed by atoms with Gasteiger partial charge in [-0.2, -0.15) is 0 Å². The van der Waals surface area contributed by atoms with E-state index in [1.807, 2.05) is 6.20 Å². The monoisotopic (exact) mass is 326 g/mol. The molecular weight excluding hydrogens is 307 g/mol. The van der Waals surface area contributed by atoms with Gasteiger partial charge in [0.25, 0.3) is 5.91 Å². The van der Waals surface area contributed by atoms with Gasteiger partial charge in [0.05, 0.1) is 11.7 Å². The van der Waals surface area contributed by atoms with Crippen molar-refractivity contribution in [2.24, 2.45) is 0 Å². The van der Waals surface area contributed by atoms with E-state index in [0.29, 0.717) is 25.1 Å². The predicted octanol–water partition coefficient (Wildman–Crippen LogP) is 2.24. The zero-order valence-corrected chi connectivity index (χ0v) is 13.3. The first-order valence-electron chi connectivity index (χ1n) is 8.33. The number of nitrogens with one attached hydrogen (secondary N) is 1. The molecule has 2 aliphatic rings. The van der Waals surface area contributed by atoms with Gasteiger partial charge in [-0.15, -0.1) is 0 Å². The molecule has 0 saturated carbocycles. The molecule has 1 atom stereocenters. The summed E-state index contributed by atoms with van der Waals surface area (Å²) < 4.78 is 13.3. The Balaban J connectivity index is 1.52. The molecule has 5 nitrogen and oxygen atoms in total. The molecule has 6 heteroatoms. The van der Waals surface area contributed by atoms with Gasteiger partial charge >= 0.3 is 0 Å². The van der Waals surface area contributed by atoms with E-state index >= 15 is 0 Å². The molecule has 4 rings (SSSR count). The minimum atomic E-state index is -0.393. The molecule has 0 aliphatic carbocycles. The summed E-state index contributed by atoms with van der Waals surface area (Å²) in [5, 5.41) is 3.41. The Labute approximate surface area is 139 Å². The summed E-state index contributed by atoms with van der Waals surface area (Å²) in [6.45, 7) is 2.08. The Hall–Kier alpha value is -2.34. The number of aromatic nitrogens is 2. The van der Waals surface area contributed by atoms with E-state index in [1.165, 1.54) is 12.1 Å². The number of rotatable bonds is 2. The maximum Gasteiger partial charge on any atom is 0.254 e. The summed E-state index contributed by atoms with van der Waals surface area (Å²) in [5.41, 5.74) is 2.39. The summed E-state index contributed by atoms with van der Waals surface area (Å²) in [6.07, 6.45) is 4.77. The summed E-state index contributed by atoms with van der Waals surface area (Å²) in [7, 11) is 0. The average Bonchev–Trinajstić information content (AvgIpc) is 3.15. The molecule has 2 aromatic rings. The number of hydrogen-bond acceptors (Lipinski definition) is 4. The molecule has 24 heavy (non-hydrogen) atoms. The highest BCUT2D eigenvalue weighted by Gasteiger charge is 2.25. The molecule has 2 aliphatic heterocycles. The molecule has 0 spiro atoms. The quantitative estimate of drug-likeness (QED) is 0.919. The minimum Gasteiger partial charge on any atom is -0.334 e. The molecule has 124 valence electrons. The van der Waals surface area contributed by atoms with Crippen LogP contribution in [0.3, 0.4) is 0 Å². The number of benzene rings is 1. The highest BCUT2D eigenvalue weighted by Crippen LogP contribution is 2.23. The predicted molar refractivity (Wildman–Crippen MR) is 86.9 cm³/mol. The maximum atomic E-state index is 13.3. The highest BCUT2D eigenvalue weighted by atomic mass is 19.1. The first-order valence-corrected chi connectivity index (χ1v) is 8.33. The number of halogens is 1. The smallest absolute Gasteiger partial charge is 0.254 e. The molecule has 1 aromatic carbocycles. The lowest BCUT2D eigenvalue weighted by atomic mass is 10.1. The zero-order valence-electron chi connectivity index (χ0n) is 13.3. The van der Waals surface area contributed by atoms with Crippen LogP contribution in [-0.4, -0.2) is 33.9 Å². The molecule has 1 N–H and O–H groups in total. The topological polar surface area (TPSA) is 58.1 Å². The van der Waals surface area contributed by atoms with Gasteiger partial charge in [0.2, 0.25) is 0 Å². The van der Waals surface area contributed by atoms with Crippen molar-refractivity contribution in [3.63, 3.8) is 0 Å². The number of carbonyl (C=O) groups excluding carboxylic acids is 1.